The highest BCUT2D eigenvalue weighted by Gasteiger charge is 2.13. The van der Waals surface area contributed by atoms with Crippen molar-refractivity contribution in [1.29, 1.82) is 0 Å². The summed E-state index contributed by atoms with van der Waals surface area (Å²) in [6.45, 7) is 0.544. The molecule has 0 aliphatic rings. The molecular weight excluding hydrogens is 353 g/mol. The number of thioether (sulfide) groups is 1. The molecule has 0 aliphatic carbocycles. The van der Waals surface area contributed by atoms with Gasteiger partial charge in [0.05, 0.1) is 12.2 Å². The second kappa shape index (κ2) is 7.61. The minimum atomic E-state index is -0.268. The van der Waals surface area contributed by atoms with Crippen LogP contribution in [0.2, 0.25) is 0 Å². The maximum Gasteiger partial charge on any atom is 0.276 e. The molecule has 0 aliphatic heterocycles. The van der Waals surface area contributed by atoms with Crippen molar-refractivity contribution in [3.05, 3.63) is 60.5 Å². The van der Waals surface area contributed by atoms with Gasteiger partial charge in [0.15, 0.2) is 0 Å². The van der Waals surface area contributed by atoms with Crippen LogP contribution in [-0.4, -0.2) is 27.5 Å². The third-order valence-corrected chi connectivity index (χ3v) is 4.73. The zero-order valence-corrected chi connectivity index (χ0v) is 14.6. The lowest BCUT2D eigenvalue weighted by Crippen LogP contribution is -1.98. The number of fused-ring (bicyclic) bond motifs is 1. The van der Waals surface area contributed by atoms with Crippen LogP contribution in [0.3, 0.4) is 0 Å². The van der Waals surface area contributed by atoms with Crippen LogP contribution in [0.25, 0.3) is 22.4 Å². The summed E-state index contributed by atoms with van der Waals surface area (Å²) in [7, 11) is 0. The molecule has 0 saturated carbocycles. The monoisotopic (exact) mass is 369 g/mol. The van der Waals surface area contributed by atoms with Crippen LogP contribution in [0.5, 0.6) is 5.75 Å². The predicted molar refractivity (Wildman–Crippen MR) is 98.8 cm³/mol. The Morgan fingerprint density at radius 2 is 1.92 bits per heavy atom. The molecule has 4 aromatic rings. The second-order valence-corrected chi connectivity index (χ2v) is 6.67. The molecule has 0 amide bonds. The molecule has 0 bridgehead atoms. The number of nitrogens with zero attached hydrogens (tertiary/aromatic N) is 2. The van der Waals surface area contributed by atoms with E-state index >= 15 is 0 Å². The van der Waals surface area contributed by atoms with E-state index in [0.29, 0.717) is 23.5 Å². The number of aromatic amines is 1. The first-order valence-corrected chi connectivity index (χ1v) is 9.19. The van der Waals surface area contributed by atoms with Crippen LogP contribution in [0.15, 0.2) is 64.4 Å². The molecule has 2 aromatic heterocycles. The molecular formula is C19H16FN3O2S. The Morgan fingerprint density at radius 1 is 1.08 bits per heavy atom. The van der Waals surface area contributed by atoms with Gasteiger partial charge in [-0.15, -0.1) is 10.2 Å². The SMILES string of the molecule is Fc1ccc(OCCCSc2nnc(-c3c[nH]c4ccccc34)o2)cc1. The lowest BCUT2D eigenvalue weighted by molar-refractivity contribution is 0.318. The predicted octanol–water partition coefficient (Wildman–Crippen LogP) is 4.92. The van der Waals surface area contributed by atoms with Crippen molar-refractivity contribution in [1.82, 2.24) is 15.2 Å². The lowest BCUT2D eigenvalue weighted by Gasteiger charge is -2.04. The van der Waals surface area contributed by atoms with Crippen molar-refractivity contribution in [3.8, 4) is 17.2 Å². The van der Waals surface area contributed by atoms with Gasteiger partial charge in [0.2, 0.25) is 0 Å². The van der Waals surface area contributed by atoms with Gasteiger partial charge in [0.1, 0.15) is 11.6 Å². The Labute approximate surface area is 153 Å². The van der Waals surface area contributed by atoms with Gasteiger partial charge in [-0.3, -0.25) is 0 Å². The standard InChI is InChI=1S/C19H16FN3O2S/c20-13-6-8-14(9-7-13)24-10-3-11-26-19-23-22-18(25-19)16-12-21-17-5-2-1-4-15(16)17/h1-2,4-9,12,21H,3,10-11H2. The van der Waals surface area contributed by atoms with E-state index in [2.05, 4.69) is 15.2 Å². The molecule has 7 heteroatoms. The zero-order valence-electron chi connectivity index (χ0n) is 13.8. The summed E-state index contributed by atoms with van der Waals surface area (Å²) in [6, 6.07) is 14.0. The molecule has 4 rings (SSSR count). The first-order valence-electron chi connectivity index (χ1n) is 8.21. The van der Waals surface area contributed by atoms with E-state index in [0.717, 1.165) is 28.6 Å². The maximum atomic E-state index is 12.8. The van der Waals surface area contributed by atoms with Crippen LogP contribution in [0.4, 0.5) is 4.39 Å². The highest BCUT2D eigenvalue weighted by Crippen LogP contribution is 2.29. The van der Waals surface area contributed by atoms with E-state index in [9.17, 15) is 4.39 Å². The topological polar surface area (TPSA) is 63.9 Å². The van der Waals surface area contributed by atoms with Gasteiger partial charge >= 0.3 is 0 Å². The smallest absolute Gasteiger partial charge is 0.276 e. The van der Waals surface area contributed by atoms with Crippen LogP contribution < -0.4 is 4.74 Å². The van der Waals surface area contributed by atoms with Crippen LogP contribution in [-0.2, 0) is 0 Å². The first-order chi connectivity index (χ1) is 12.8. The third kappa shape index (κ3) is 3.72. The largest absolute Gasteiger partial charge is 0.494 e. The number of rotatable bonds is 7. The molecule has 132 valence electrons. The van der Waals surface area contributed by atoms with Crippen molar-refractivity contribution < 1.29 is 13.5 Å². The Balaban J connectivity index is 1.29. The fourth-order valence-electron chi connectivity index (χ4n) is 2.56. The Kier molecular flexibility index (Phi) is 4.88. The van der Waals surface area contributed by atoms with Crippen LogP contribution in [0, 0.1) is 5.82 Å². The van der Waals surface area contributed by atoms with E-state index in [4.69, 9.17) is 9.15 Å². The summed E-state index contributed by atoms with van der Waals surface area (Å²) in [5, 5.41) is 9.82. The minimum Gasteiger partial charge on any atom is -0.494 e. The Bertz CT molecular complexity index is 997. The van der Waals surface area contributed by atoms with E-state index in [-0.39, 0.29) is 5.82 Å². The second-order valence-electron chi connectivity index (χ2n) is 5.63. The number of aromatic nitrogens is 3. The number of hydrogen-bond donors (Lipinski definition) is 1. The highest BCUT2D eigenvalue weighted by molar-refractivity contribution is 7.99. The van der Waals surface area contributed by atoms with Gasteiger partial charge < -0.3 is 14.1 Å². The molecule has 1 N–H and O–H groups in total. The number of nitrogens with one attached hydrogen (secondary N) is 1. The summed E-state index contributed by atoms with van der Waals surface area (Å²) >= 11 is 1.49. The van der Waals surface area contributed by atoms with Gasteiger partial charge in [-0.25, -0.2) is 4.39 Å². The quantitative estimate of drug-likeness (QED) is 0.370. The molecule has 0 fully saturated rings. The zero-order chi connectivity index (χ0) is 17.8. The highest BCUT2D eigenvalue weighted by atomic mass is 32.2. The molecule has 0 radical (unpaired) electrons. The molecule has 2 aromatic carbocycles. The van der Waals surface area contributed by atoms with Crippen molar-refractivity contribution >= 4 is 22.7 Å². The van der Waals surface area contributed by atoms with Gasteiger partial charge in [-0.2, -0.15) is 0 Å². The van der Waals surface area contributed by atoms with Crippen molar-refractivity contribution in [2.45, 2.75) is 11.6 Å². The summed E-state index contributed by atoms with van der Waals surface area (Å²) in [6.07, 6.45) is 2.69. The molecule has 0 spiro atoms. The number of ether oxygens (including phenoxy) is 1. The van der Waals surface area contributed by atoms with Crippen molar-refractivity contribution in [3.63, 3.8) is 0 Å². The fraction of sp³-hybridized carbons (Fsp3) is 0.158. The molecule has 0 saturated heterocycles. The van der Waals surface area contributed by atoms with Gasteiger partial charge in [0.25, 0.3) is 11.1 Å². The Hall–Kier alpha value is -2.80. The molecule has 2 heterocycles. The van der Waals surface area contributed by atoms with Gasteiger partial charge in [0, 0.05) is 22.9 Å². The normalized spacial score (nSPS) is 11.1. The first kappa shape index (κ1) is 16.7. The molecule has 0 unspecified atom stereocenters. The van der Waals surface area contributed by atoms with Crippen LogP contribution >= 0.6 is 11.8 Å². The average molecular weight is 369 g/mol. The third-order valence-electron chi connectivity index (χ3n) is 3.82. The molecule has 26 heavy (non-hydrogen) atoms. The molecule has 5 nitrogen and oxygen atoms in total. The summed E-state index contributed by atoms with van der Waals surface area (Å²) < 4.78 is 24.1. The number of benzene rings is 2. The molecule has 0 atom stereocenters. The lowest BCUT2D eigenvalue weighted by atomic mass is 10.2. The van der Waals surface area contributed by atoms with E-state index in [1.54, 1.807) is 12.1 Å². The minimum absolute atomic E-state index is 0.268. The van der Waals surface area contributed by atoms with Crippen molar-refractivity contribution in [2.24, 2.45) is 0 Å². The fourth-order valence-corrected chi connectivity index (χ4v) is 3.24. The van der Waals surface area contributed by atoms with E-state index < -0.39 is 0 Å². The number of para-hydroxylation sites is 1. The number of halogens is 1. The van der Waals surface area contributed by atoms with Gasteiger partial charge in [-0.05, 0) is 36.8 Å². The van der Waals surface area contributed by atoms with E-state index in [1.165, 1.54) is 23.9 Å². The van der Waals surface area contributed by atoms with E-state index in [1.807, 2.05) is 30.5 Å². The van der Waals surface area contributed by atoms with Gasteiger partial charge in [-0.1, -0.05) is 30.0 Å². The maximum absolute atomic E-state index is 12.8. The summed E-state index contributed by atoms with van der Waals surface area (Å²) in [5.74, 6) is 1.69. The Morgan fingerprint density at radius 3 is 2.81 bits per heavy atom. The average Bonchev–Trinajstić information content (AvgIpc) is 3.29. The summed E-state index contributed by atoms with van der Waals surface area (Å²) in [4.78, 5) is 3.20. The van der Waals surface area contributed by atoms with Crippen LogP contribution in [0.1, 0.15) is 6.42 Å². The summed E-state index contributed by atoms with van der Waals surface area (Å²) in [5.41, 5.74) is 1.94. The number of hydrogen-bond acceptors (Lipinski definition) is 5. The van der Waals surface area contributed by atoms with Crippen molar-refractivity contribution in [2.75, 3.05) is 12.4 Å². The number of H-pyrrole nitrogens is 1.